The summed E-state index contributed by atoms with van der Waals surface area (Å²) in [5, 5.41) is 7.19. The summed E-state index contributed by atoms with van der Waals surface area (Å²) in [5.41, 5.74) is 2.60. The number of rotatable bonds is 6. The lowest BCUT2D eigenvalue weighted by molar-refractivity contribution is -0.113. The quantitative estimate of drug-likeness (QED) is 0.782. The highest BCUT2D eigenvalue weighted by molar-refractivity contribution is 7.15. The van der Waals surface area contributed by atoms with Crippen molar-refractivity contribution in [3.63, 3.8) is 0 Å². The maximum absolute atomic E-state index is 11.7. The van der Waals surface area contributed by atoms with Crippen LogP contribution in [0.25, 0.3) is 10.4 Å². The SMILES string of the molecule is Cc1ncc(-c2ccc(NC[C@@H]3CCO3)c(NC(=O)CCl)c2)s1. The van der Waals surface area contributed by atoms with Gasteiger partial charge in [-0.05, 0) is 31.0 Å². The van der Waals surface area contributed by atoms with Gasteiger partial charge in [-0.2, -0.15) is 0 Å². The predicted molar refractivity (Wildman–Crippen MR) is 94.5 cm³/mol. The minimum Gasteiger partial charge on any atom is -0.381 e. The van der Waals surface area contributed by atoms with Gasteiger partial charge in [-0.15, -0.1) is 22.9 Å². The lowest BCUT2D eigenvalue weighted by Gasteiger charge is -2.27. The molecule has 7 heteroatoms. The second kappa shape index (κ2) is 7.29. The number of carbonyl (C=O) groups is 1. The highest BCUT2D eigenvalue weighted by Crippen LogP contribution is 2.32. The van der Waals surface area contributed by atoms with Crippen LogP contribution in [0, 0.1) is 6.92 Å². The third kappa shape index (κ3) is 4.02. The number of aryl methyl sites for hydroxylation is 1. The second-order valence-corrected chi connectivity index (χ2v) is 6.85. The number of ether oxygens (including phenoxy) is 1. The molecule has 1 fully saturated rings. The molecular weight excluding hydrogens is 334 g/mol. The zero-order valence-electron chi connectivity index (χ0n) is 12.8. The van der Waals surface area contributed by atoms with E-state index in [1.165, 1.54) is 0 Å². The normalized spacial score (nSPS) is 16.7. The lowest BCUT2D eigenvalue weighted by atomic mass is 10.1. The van der Waals surface area contributed by atoms with Crippen LogP contribution in [0.1, 0.15) is 11.4 Å². The molecule has 2 N–H and O–H groups in total. The Morgan fingerprint density at radius 2 is 2.30 bits per heavy atom. The number of nitrogens with zero attached hydrogens (tertiary/aromatic N) is 1. The van der Waals surface area contributed by atoms with E-state index in [1.54, 1.807) is 11.3 Å². The Bertz CT molecular complexity index is 700. The summed E-state index contributed by atoms with van der Waals surface area (Å²) < 4.78 is 5.41. The zero-order valence-corrected chi connectivity index (χ0v) is 14.3. The first kappa shape index (κ1) is 16.2. The van der Waals surface area contributed by atoms with Crippen LogP contribution in [0.15, 0.2) is 24.4 Å². The molecule has 1 amide bonds. The van der Waals surface area contributed by atoms with Crippen LogP contribution in [0.3, 0.4) is 0 Å². The van der Waals surface area contributed by atoms with E-state index in [0.717, 1.165) is 46.4 Å². The highest BCUT2D eigenvalue weighted by atomic mass is 35.5. The molecule has 1 atom stereocenters. The fraction of sp³-hybridized carbons (Fsp3) is 0.375. The van der Waals surface area contributed by atoms with Gasteiger partial charge in [-0.25, -0.2) is 4.98 Å². The van der Waals surface area contributed by atoms with Crippen molar-refractivity contribution >= 4 is 40.2 Å². The van der Waals surface area contributed by atoms with Crippen LogP contribution in [-0.4, -0.2) is 36.0 Å². The van der Waals surface area contributed by atoms with Gasteiger partial charge in [-0.1, -0.05) is 6.07 Å². The number of nitrogens with one attached hydrogen (secondary N) is 2. The molecule has 2 heterocycles. The molecule has 1 saturated heterocycles. The van der Waals surface area contributed by atoms with Crippen molar-refractivity contribution in [2.75, 3.05) is 29.7 Å². The van der Waals surface area contributed by atoms with E-state index in [-0.39, 0.29) is 17.9 Å². The maximum atomic E-state index is 11.7. The van der Waals surface area contributed by atoms with E-state index < -0.39 is 0 Å². The van der Waals surface area contributed by atoms with Crippen molar-refractivity contribution in [3.8, 4) is 10.4 Å². The Kier molecular flexibility index (Phi) is 5.15. The Balaban J connectivity index is 1.83. The molecule has 0 radical (unpaired) electrons. The number of aromatic nitrogens is 1. The third-order valence-corrected chi connectivity index (χ3v) is 4.84. The molecule has 0 spiro atoms. The van der Waals surface area contributed by atoms with Crippen molar-refractivity contribution < 1.29 is 9.53 Å². The van der Waals surface area contributed by atoms with E-state index in [4.69, 9.17) is 16.3 Å². The Labute approximate surface area is 144 Å². The minimum atomic E-state index is -0.229. The lowest BCUT2D eigenvalue weighted by Crippen LogP contribution is -2.33. The molecular formula is C16H18ClN3O2S. The Morgan fingerprint density at radius 3 is 2.91 bits per heavy atom. The first-order chi connectivity index (χ1) is 11.2. The van der Waals surface area contributed by atoms with Gasteiger partial charge in [0.15, 0.2) is 0 Å². The van der Waals surface area contributed by atoms with Crippen LogP contribution in [0.2, 0.25) is 0 Å². The number of halogens is 1. The summed E-state index contributed by atoms with van der Waals surface area (Å²) in [7, 11) is 0. The number of benzene rings is 1. The number of amides is 1. The van der Waals surface area contributed by atoms with E-state index in [9.17, 15) is 4.79 Å². The number of thiazole rings is 1. The molecule has 0 aliphatic carbocycles. The number of hydrogen-bond acceptors (Lipinski definition) is 5. The van der Waals surface area contributed by atoms with Crippen LogP contribution in [0.5, 0.6) is 0 Å². The first-order valence-electron chi connectivity index (χ1n) is 7.44. The molecule has 0 bridgehead atoms. The van der Waals surface area contributed by atoms with Gasteiger partial charge < -0.3 is 15.4 Å². The number of carbonyl (C=O) groups excluding carboxylic acids is 1. The molecule has 2 aromatic rings. The van der Waals surface area contributed by atoms with E-state index in [0.29, 0.717) is 0 Å². The summed E-state index contributed by atoms with van der Waals surface area (Å²) in [4.78, 5) is 17.0. The summed E-state index contributed by atoms with van der Waals surface area (Å²) in [6.07, 6.45) is 3.15. The molecule has 23 heavy (non-hydrogen) atoms. The number of alkyl halides is 1. The Morgan fingerprint density at radius 1 is 1.48 bits per heavy atom. The number of anilines is 2. The fourth-order valence-electron chi connectivity index (χ4n) is 2.30. The van der Waals surface area contributed by atoms with Gasteiger partial charge in [0, 0.05) is 19.3 Å². The number of hydrogen-bond donors (Lipinski definition) is 2. The van der Waals surface area contributed by atoms with E-state index >= 15 is 0 Å². The van der Waals surface area contributed by atoms with Crippen molar-refractivity contribution in [1.82, 2.24) is 4.98 Å². The minimum absolute atomic E-state index is 0.0743. The average molecular weight is 352 g/mol. The van der Waals surface area contributed by atoms with Crippen LogP contribution in [0.4, 0.5) is 11.4 Å². The fourth-order valence-corrected chi connectivity index (χ4v) is 3.14. The van der Waals surface area contributed by atoms with Crippen LogP contribution >= 0.6 is 22.9 Å². The topological polar surface area (TPSA) is 63.3 Å². The standard InChI is InChI=1S/C16H18ClN3O2S/c1-10-18-9-15(23-10)11-2-3-13(19-8-12-4-5-22-12)14(6-11)20-16(21)7-17/h2-3,6,9,12,19H,4-5,7-8H2,1H3,(H,20,21)/t12-/m0/s1. The largest absolute Gasteiger partial charge is 0.381 e. The van der Waals surface area contributed by atoms with Gasteiger partial charge in [0.2, 0.25) is 5.91 Å². The van der Waals surface area contributed by atoms with Gasteiger partial charge in [0.1, 0.15) is 5.88 Å². The highest BCUT2D eigenvalue weighted by Gasteiger charge is 2.18. The van der Waals surface area contributed by atoms with Crippen molar-refractivity contribution in [2.45, 2.75) is 19.4 Å². The average Bonchev–Trinajstić information content (AvgIpc) is 2.93. The molecule has 0 unspecified atom stereocenters. The van der Waals surface area contributed by atoms with Gasteiger partial charge in [-0.3, -0.25) is 4.79 Å². The van der Waals surface area contributed by atoms with Crippen LogP contribution in [-0.2, 0) is 9.53 Å². The predicted octanol–water partition coefficient (Wildman–Crippen LogP) is 3.50. The summed E-state index contributed by atoms with van der Waals surface area (Å²) in [6, 6.07) is 5.93. The van der Waals surface area contributed by atoms with E-state index in [1.807, 2.05) is 31.3 Å². The third-order valence-electron chi connectivity index (χ3n) is 3.63. The summed E-state index contributed by atoms with van der Waals surface area (Å²) in [5.74, 6) is -0.304. The molecule has 1 aromatic carbocycles. The molecule has 1 aliphatic rings. The molecule has 5 nitrogen and oxygen atoms in total. The maximum Gasteiger partial charge on any atom is 0.239 e. The van der Waals surface area contributed by atoms with Crippen molar-refractivity contribution in [3.05, 3.63) is 29.4 Å². The van der Waals surface area contributed by atoms with Gasteiger partial charge in [0.05, 0.1) is 27.4 Å². The van der Waals surface area contributed by atoms with Crippen LogP contribution < -0.4 is 10.6 Å². The smallest absolute Gasteiger partial charge is 0.239 e. The molecule has 0 saturated carbocycles. The Hall–Kier alpha value is -1.63. The molecule has 1 aromatic heterocycles. The molecule has 1 aliphatic heterocycles. The zero-order chi connectivity index (χ0) is 16.2. The first-order valence-corrected chi connectivity index (χ1v) is 8.79. The monoisotopic (exact) mass is 351 g/mol. The van der Waals surface area contributed by atoms with E-state index in [2.05, 4.69) is 15.6 Å². The van der Waals surface area contributed by atoms with Crippen molar-refractivity contribution in [2.24, 2.45) is 0 Å². The molecule has 122 valence electrons. The second-order valence-electron chi connectivity index (χ2n) is 5.35. The van der Waals surface area contributed by atoms with Crippen molar-refractivity contribution in [1.29, 1.82) is 0 Å². The summed E-state index contributed by atoms with van der Waals surface area (Å²) >= 11 is 7.23. The summed E-state index contributed by atoms with van der Waals surface area (Å²) in [6.45, 7) is 3.52. The van der Waals surface area contributed by atoms with Gasteiger partial charge >= 0.3 is 0 Å². The van der Waals surface area contributed by atoms with Gasteiger partial charge in [0.25, 0.3) is 0 Å². The molecule has 3 rings (SSSR count).